The molecule has 2 saturated carbocycles. The lowest BCUT2D eigenvalue weighted by atomic mass is 9.95. The molecule has 2 aliphatic carbocycles. The van der Waals surface area contributed by atoms with E-state index in [1.54, 1.807) is 0 Å². The van der Waals surface area contributed by atoms with Crippen molar-refractivity contribution in [3.8, 4) is 11.3 Å². The average molecular weight is 366 g/mol. The molecule has 2 aromatic heterocycles. The summed E-state index contributed by atoms with van der Waals surface area (Å²) in [6, 6.07) is 13.1. The van der Waals surface area contributed by atoms with Crippen LogP contribution in [0.5, 0.6) is 0 Å². The fourth-order valence-electron chi connectivity index (χ4n) is 4.24. The second-order valence-corrected chi connectivity index (χ2v) is 8.16. The van der Waals surface area contributed by atoms with Gasteiger partial charge in [-0.05, 0) is 61.4 Å². The van der Waals surface area contributed by atoms with Gasteiger partial charge < -0.3 is 5.32 Å². The van der Waals surface area contributed by atoms with Gasteiger partial charge in [0.25, 0.3) is 0 Å². The van der Waals surface area contributed by atoms with E-state index >= 15 is 0 Å². The molecule has 2 fully saturated rings. The summed E-state index contributed by atoms with van der Waals surface area (Å²) in [7, 11) is 0. The van der Waals surface area contributed by atoms with Crippen molar-refractivity contribution in [1.29, 1.82) is 0 Å². The van der Waals surface area contributed by atoms with Gasteiger partial charge in [0.15, 0.2) is 0 Å². The van der Waals surface area contributed by atoms with Gasteiger partial charge in [-0.1, -0.05) is 43.0 Å². The van der Waals surface area contributed by atoms with Crippen LogP contribution in [0, 0.1) is 0 Å². The monoisotopic (exact) mass is 365 g/mol. The summed E-state index contributed by atoms with van der Waals surface area (Å²) in [5.74, 6) is 1.77. The number of hydrogen-bond donors (Lipinski definition) is 1. The largest absolute Gasteiger partial charge is 0.367 e. The van der Waals surface area contributed by atoms with E-state index in [9.17, 15) is 0 Å². The first-order chi connectivity index (χ1) is 12.8. The number of benzene rings is 1. The number of halogens is 1. The SMILES string of the molecule is Clc1ccc(-c2nc3ccccn3c2NC2CCCCC2)c(C2CC2)c1. The van der Waals surface area contributed by atoms with Crippen LogP contribution in [0.4, 0.5) is 5.82 Å². The molecule has 0 unspecified atom stereocenters. The topological polar surface area (TPSA) is 29.3 Å². The Bertz CT molecular complexity index is 936. The van der Waals surface area contributed by atoms with Crippen molar-refractivity contribution >= 4 is 23.1 Å². The van der Waals surface area contributed by atoms with Crippen LogP contribution in [-0.2, 0) is 0 Å². The van der Waals surface area contributed by atoms with Gasteiger partial charge in [-0.15, -0.1) is 0 Å². The first kappa shape index (κ1) is 16.2. The summed E-state index contributed by atoms with van der Waals surface area (Å²) in [5.41, 5.74) is 4.66. The molecule has 134 valence electrons. The van der Waals surface area contributed by atoms with Gasteiger partial charge in [0.1, 0.15) is 17.2 Å². The van der Waals surface area contributed by atoms with Gasteiger partial charge >= 0.3 is 0 Å². The van der Waals surface area contributed by atoms with E-state index in [0.717, 1.165) is 22.2 Å². The number of pyridine rings is 1. The average Bonchev–Trinajstić information content (AvgIpc) is 3.46. The minimum atomic E-state index is 0.541. The third-order valence-corrected chi connectivity index (χ3v) is 6.00. The Morgan fingerprint density at radius 1 is 1.00 bits per heavy atom. The van der Waals surface area contributed by atoms with E-state index in [4.69, 9.17) is 16.6 Å². The maximum Gasteiger partial charge on any atom is 0.139 e. The molecule has 0 saturated heterocycles. The molecule has 0 amide bonds. The van der Waals surface area contributed by atoms with E-state index in [2.05, 4.69) is 46.2 Å². The molecule has 2 aliphatic rings. The number of fused-ring (bicyclic) bond motifs is 1. The van der Waals surface area contributed by atoms with Crippen molar-refractivity contribution in [1.82, 2.24) is 9.38 Å². The molecule has 3 nitrogen and oxygen atoms in total. The normalized spacial score (nSPS) is 18.3. The van der Waals surface area contributed by atoms with Gasteiger partial charge in [-0.3, -0.25) is 4.40 Å². The predicted octanol–water partition coefficient (Wildman–Crippen LogP) is 6.28. The Morgan fingerprint density at radius 3 is 2.65 bits per heavy atom. The second-order valence-electron chi connectivity index (χ2n) is 7.72. The molecular weight excluding hydrogens is 342 g/mol. The second kappa shape index (κ2) is 6.62. The van der Waals surface area contributed by atoms with Gasteiger partial charge in [0.2, 0.25) is 0 Å². The minimum Gasteiger partial charge on any atom is -0.367 e. The van der Waals surface area contributed by atoms with E-state index in [1.807, 2.05) is 6.07 Å². The van der Waals surface area contributed by atoms with Crippen molar-refractivity contribution in [2.24, 2.45) is 0 Å². The Balaban J connectivity index is 1.64. The fourth-order valence-corrected chi connectivity index (χ4v) is 4.42. The number of nitrogens with zero attached hydrogens (tertiary/aromatic N) is 2. The highest BCUT2D eigenvalue weighted by Crippen LogP contribution is 2.46. The van der Waals surface area contributed by atoms with Gasteiger partial charge in [0.05, 0.1) is 0 Å². The molecule has 1 N–H and O–H groups in total. The van der Waals surface area contributed by atoms with Gasteiger partial charge in [0, 0.05) is 22.8 Å². The highest BCUT2D eigenvalue weighted by atomic mass is 35.5. The molecule has 0 aliphatic heterocycles. The van der Waals surface area contributed by atoms with Crippen LogP contribution in [0.15, 0.2) is 42.6 Å². The van der Waals surface area contributed by atoms with Crippen molar-refractivity contribution in [3.63, 3.8) is 0 Å². The lowest BCUT2D eigenvalue weighted by Crippen LogP contribution is -2.23. The first-order valence-corrected chi connectivity index (χ1v) is 10.2. The molecule has 26 heavy (non-hydrogen) atoms. The molecule has 0 spiro atoms. The number of nitrogens with one attached hydrogen (secondary N) is 1. The van der Waals surface area contributed by atoms with Gasteiger partial charge in [-0.2, -0.15) is 0 Å². The van der Waals surface area contributed by atoms with E-state index in [0.29, 0.717) is 12.0 Å². The molecule has 1 aromatic carbocycles. The van der Waals surface area contributed by atoms with Crippen LogP contribution in [0.25, 0.3) is 16.9 Å². The van der Waals surface area contributed by atoms with Crippen LogP contribution in [0.1, 0.15) is 56.4 Å². The van der Waals surface area contributed by atoms with Crippen LogP contribution in [0.3, 0.4) is 0 Å². The third kappa shape index (κ3) is 2.99. The summed E-state index contributed by atoms with van der Waals surface area (Å²) < 4.78 is 2.20. The van der Waals surface area contributed by atoms with Crippen molar-refractivity contribution in [2.75, 3.05) is 5.32 Å². The van der Waals surface area contributed by atoms with E-state index in [-0.39, 0.29) is 0 Å². The number of anilines is 1. The van der Waals surface area contributed by atoms with Crippen LogP contribution < -0.4 is 5.32 Å². The third-order valence-electron chi connectivity index (χ3n) is 5.76. The standard InChI is InChI=1S/C22H24ClN3/c23-16-11-12-18(19(14-16)15-9-10-15)21-22(24-17-6-2-1-3-7-17)26-13-5-4-8-20(26)25-21/h4-5,8,11-15,17,24H,1-3,6-7,9-10H2. The highest BCUT2D eigenvalue weighted by Gasteiger charge is 2.29. The Morgan fingerprint density at radius 2 is 1.85 bits per heavy atom. The van der Waals surface area contributed by atoms with Crippen molar-refractivity contribution < 1.29 is 0 Å². The smallest absolute Gasteiger partial charge is 0.139 e. The lowest BCUT2D eigenvalue weighted by molar-refractivity contribution is 0.462. The molecular formula is C22H24ClN3. The minimum absolute atomic E-state index is 0.541. The quantitative estimate of drug-likeness (QED) is 0.589. The summed E-state index contributed by atoms with van der Waals surface area (Å²) in [6.45, 7) is 0. The molecule has 0 bridgehead atoms. The zero-order valence-corrected chi connectivity index (χ0v) is 15.7. The summed E-state index contributed by atoms with van der Waals surface area (Å²) >= 11 is 6.31. The van der Waals surface area contributed by atoms with Crippen LogP contribution in [-0.4, -0.2) is 15.4 Å². The molecule has 0 atom stereocenters. The lowest BCUT2D eigenvalue weighted by Gasteiger charge is -2.24. The van der Waals surface area contributed by atoms with E-state index < -0.39 is 0 Å². The zero-order chi connectivity index (χ0) is 17.5. The molecule has 4 heteroatoms. The predicted molar refractivity (Wildman–Crippen MR) is 108 cm³/mol. The first-order valence-electron chi connectivity index (χ1n) is 9.83. The number of hydrogen-bond acceptors (Lipinski definition) is 2. The highest BCUT2D eigenvalue weighted by molar-refractivity contribution is 6.30. The number of rotatable bonds is 4. The maximum atomic E-state index is 6.31. The van der Waals surface area contributed by atoms with E-state index in [1.165, 1.54) is 56.1 Å². The summed E-state index contributed by atoms with van der Waals surface area (Å²) in [5, 5.41) is 4.66. The molecule has 3 aromatic rings. The van der Waals surface area contributed by atoms with Crippen molar-refractivity contribution in [3.05, 3.63) is 53.2 Å². The summed E-state index contributed by atoms with van der Waals surface area (Å²) in [4.78, 5) is 5.01. The molecule has 5 rings (SSSR count). The number of aromatic nitrogens is 2. The Labute approximate surface area is 159 Å². The van der Waals surface area contributed by atoms with Crippen LogP contribution >= 0.6 is 11.6 Å². The molecule has 2 heterocycles. The van der Waals surface area contributed by atoms with Crippen LogP contribution in [0.2, 0.25) is 5.02 Å². The maximum absolute atomic E-state index is 6.31. The Kier molecular flexibility index (Phi) is 4.12. The number of imidazole rings is 1. The van der Waals surface area contributed by atoms with Crippen molar-refractivity contribution in [2.45, 2.75) is 56.9 Å². The summed E-state index contributed by atoms with van der Waals surface area (Å²) in [6.07, 6.45) is 11.1. The van der Waals surface area contributed by atoms with Gasteiger partial charge in [-0.25, -0.2) is 4.98 Å². The zero-order valence-electron chi connectivity index (χ0n) is 14.9. The Hall–Kier alpha value is -2.00. The molecule has 0 radical (unpaired) electrons. The fraction of sp³-hybridized carbons (Fsp3) is 0.409.